The van der Waals surface area contributed by atoms with E-state index in [-0.39, 0.29) is 179 Å². The minimum atomic E-state index is -1.55. The molecule has 4 aliphatic rings. The number of hydrogen-bond donors (Lipinski definition) is 16. The third kappa shape index (κ3) is 36.8. The largest absolute Gasteiger partial charge is 0.482 e. The molecule has 12 rings (SSSR count). The molecule has 16 N–H and O–H groups in total. The molecule has 3 fully saturated rings. The van der Waals surface area contributed by atoms with Gasteiger partial charge < -0.3 is 107 Å². The molecule has 38 nitrogen and oxygen atoms in total. The highest BCUT2D eigenvalue weighted by molar-refractivity contribution is 6.42. The summed E-state index contributed by atoms with van der Waals surface area (Å²) >= 11 is 50.0. The van der Waals surface area contributed by atoms with E-state index < -0.39 is 95.6 Å². The van der Waals surface area contributed by atoms with Crippen molar-refractivity contribution in [1.82, 2.24) is 63.8 Å². The lowest BCUT2D eigenvalue weighted by Crippen LogP contribution is -2.49. The van der Waals surface area contributed by atoms with Gasteiger partial charge in [-0.25, -0.2) is 19.2 Å². The Bertz CT molecular complexity index is 6050. The maximum absolute atomic E-state index is 12.8. The molecule has 12 amide bonds. The van der Waals surface area contributed by atoms with Crippen LogP contribution in [0.3, 0.4) is 0 Å². The summed E-state index contributed by atoms with van der Waals surface area (Å²) in [5.41, 5.74) is 0.714. The van der Waals surface area contributed by atoms with Gasteiger partial charge in [0.2, 0.25) is 41.4 Å². The van der Waals surface area contributed by atoms with Gasteiger partial charge in [0.25, 0.3) is 29.5 Å². The first-order valence-corrected chi connectivity index (χ1v) is 47.7. The molecule has 5 heterocycles. The summed E-state index contributed by atoms with van der Waals surface area (Å²) in [6, 6.07) is 19.5. The number of furan rings is 4. The molecule has 764 valence electrons. The number of hydrogen-bond acceptors (Lipinski definition) is 22. The summed E-state index contributed by atoms with van der Waals surface area (Å²) in [6.07, 6.45) is 28.9. The van der Waals surface area contributed by atoms with E-state index in [2.05, 4.69) is 63.8 Å². The van der Waals surface area contributed by atoms with Gasteiger partial charge in [-0.3, -0.25) is 62.3 Å². The number of carbonyl (C=O) groups excluding carboxylic acids is 13. The van der Waals surface area contributed by atoms with E-state index >= 15 is 0 Å². The molecule has 4 aromatic heterocycles. The van der Waals surface area contributed by atoms with Crippen LogP contribution in [-0.2, 0) is 93.2 Å². The van der Waals surface area contributed by atoms with E-state index in [1.807, 2.05) is 0 Å². The van der Waals surface area contributed by atoms with Crippen molar-refractivity contribution in [2.45, 2.75) is 153 Å². The zero-order valence-electron chi connectivity index (χ0n) is 76.9. The van der Waals surface area contributed by atoms with Gasteiger partial charge in [0.05, 0.1) is 87.5 Å². The van der Waals surface area contributed by atoms with Crippen LogP contribution >= 0.6 is 92.8 Å². The summed E-state index contributed by atoms with van der Waals surface area (Å²) in [5, 5.41) is 67.8. The normalized spacial score (nSPS) is 14.7. The molecule has 3 saturated carbocycles. The van der Waals surface area contributed by atoms with Gasteiger partial charge in [0.1, 0.15) is 52.8 Å². The number of carboxylic acids is 4. The monoisotopic (exact) mass is 2140 g/mol. The van der Waals surface area contributed by atoms with E-state index in [1.165, 1.54) is 122 Å². The molecule has 0 unspecified atom stereocenters. The second kappa shape index (κ2) is 56.2. The molecule has 0 bridgehead atoms. The number of ether oxygens (including phenoxy) is 1. The Kier molecular flexibility index (Phi) is 44.3. The van der Waals surface area contributed by atoms with Crippen LogP contribution in [0.1, 0.15) is 184 Å². The number of benzene rings is 4. The number of amides is 12. The van der Waals surface area contributed by atoms with Gasteiger partial charge in [-0.15, -0.1) is 0 Å². The highest BCUT2D eigenvalue weighted by Crippen LogP contribution is 2.34. The van der Waals surface area contributed by atoms with Gasteiger partial charge >= 0.3 is 23.9 Å². The quantitative estimate of drug-likeness (QED) is 0.0159. The number of carbonyl (C=O) groups is 17. The van der Waals surface area contributed by atoms with E-state index in [9.17, 15) is 102 Å². The first-order valence-electron chi connectivity index (χ1n) is 44.7. The van der Waals surface area contributed by atoms with Crippen LogP contribution < -0.4 is 63.8 Å². The number of aliphatic carboxylic acids is 4. The van der Waals surface area contributed by atoms with Crippen molar-refractivity contribution in [3.05, 3.63) is 266 Å². The minimum Gasteiger partial charge on any atom is -0.482 e. The molecule has 46 heteroatoms. The van der Waals surface area contributed by atoms with E-state index in [4.69, 9.17) is 115 Å². The Balaban J connectivity index is 0.000000214. The van der Waals surface area contributed by atoms with Crippen LogP contribution in [0.2, 0.25) is 40.2 Å². The predicted molar refractivity (Wildman–Crippen MR) is 531 cm³/mol. The zero-order chi connectivity index (χ0) is 105. The molecule has 0 radical (unpaired) electrons. The van der Waals surface area contributed by atoms with Crippen molar-refractivity contribution in [2.75, 3.05) is 26.2 Å². The Morgan fingerprint density at radius 1 is 0.340 bits per heavy atom. The van der Waals surface area contributed by atoms with Gasteiger partial charge in [-0.05, 0) is 196 Å². The number of nitrogens with one attached hydrogen (secondary N) is 12. The summed E-state index contributed by atoms with van der Waals surface area (Å²) in [7, 11) is 0. The van der Waals surface area contributed by atoms with Gasteiger partial charge in [-0.2, -0.15) is 0 Å². The lowest BCUT2D eigenvalue weighted by molar-refractivity contribution is -0.140. The molecular formula is C98H100Cl8N12O26. The van der Waals surface area contributed by atoms with Crippen LogP contribution in [0, 0.1) is 17.8 Å². The van der Waals surface area contributed by atoms with Crippen LogP contribution in [0.5, 0.6) is 0 Å². The molecule has 1 aliphatic heterocycles. The predicted octanol–water partition coefficient (Wildman–Crippen LogP) is 13.1. The fourth-order valence-electron chi connectivity index (χ4n) is 14.3. The van der Waals surface area contributed by atoms with Crippen LogP contribution in [0.4, 0.5) is 0 Å². The Labute approximate surface area is 863 Å². The smallest absolute Gasteiger partial charge is 0.328 e. The lowest BCUT2D eigenvalue weighted by atomic mass is 9.85. The fraction of sp³-hybridized carbons (Fsp3) is 0.316. The fourth-order valence-corrected chi connectivity index (χ4v) is 17.1. The molecule has 144 heavy (non-hydrogen) atoms. The molecule has 8 aromatic rings. The topological polar surface area (TPSA) is 577 Å². The first kappa shape index (κ1) is 114. The van der Waals surface area contributed by atoms with E-state index in [0.29, 0.717) is 45.3 Å². The van der Waals surface area contributed by atoms with Crippen LogP contribution in [-0.4, -0.2) is 177 Å². The highest BCUT2D eigenvalue weighted by Gasteiger charge is 2.36. The molecule has 4 aromatic carbocycles. The average Bonchev–Trinajstić information content (AvgIpc) is 1.72. The maximum Gasteiger partial charge on any atom is 0.328 e. The van der Waals surface area contributed by atoms with E-state index in [1.54, 1.807) is 62.4 Å². The average molecular weight is 2150 g/mol. The van der Waals surface area contributed by atoms with Crippen molar-refractivity contribution in [3.8, 4) is 0 Å². The third-order valence-corrected chi connectivity index (χ3v) is 24.3. The van der Waals surface area contributed by atoms with Crippen molar-refractivity contribution >= 4 is 218 Å². The van der Waals surface area contributed by atoms with Crippen molar-refractivity contribution < 1.29 is 124 Å². The summed E-state index contributed by atoms with van der Waals surface area (Å²) in [4.78, 5) is 206. The van der Waals surface area contributed by atoms with Crippen LogP contribution in [0.25, 0.3) is 24.3 Å². The Morgan fingerprint density at radius 3 is 0.792 bits per heavy atom. The molecule has 0 saturated heterocycles. The Morgan fingerprint density at radius 2 is 0.576 bits per heavy atom. The van der Waals surface area contributed by atoms with Gasteiger partial charge in [-0.1, -0.05) is 131 Å². The summed E-state index contributed by atoms with van der Waals surface area (Å²) in [6.45, 7) is 2.29. The third-order valence-electron chi connectivity index (χ3n) is 22.0. The van der Waals surface area contributed by atoms with Crippen LogP contribution in [0.15, 0.2) is 176 Å². The zero-order valence-corrected chi connectivity index (χ0v) is 83.0. The molecule has 3 aliphatic carbocycles. The van der Waals surface area contributed by atoms with Crippen molar-refractivity contribution in [3.63, 3.8) is 0 Å². The molecule has 4 atom stereocenters. The number of ketones is 1. The minimum absolute atomic E-state index is 0.00856. The second-order valence-electron chi connectivity index (χ2n) is 33.4. The first-order chi connectivity index (χ1) is 68.6. The Hall–Kier alpha value is -14.0. The molecule has 0 spiro atoms. The summed E-state index contributed by atoms with van der Waals surface area (Å²) in [5.74, 6) is -10.5. The van der Waals surface area contributed by atoms with Gasteiger partial charge in [0.15, 0.2) is 11.5 Å². The SMILES string of the molecule is CC1(C)CC(=O)C=C(C(=O)NC[C@H](NC(=O)c2c(Cl)cc(CNC(=O)/C=C/c3ccco3)cc2Cl)C(=O)O)O1.O=C(/C=C/c1ccco1)NCc1cc(Cl)c(C(=O)N[C@@H](CNC(=O)C2CCC2)C(=O)O)c(Cl)c1.O=C(/C=C/c1ccco1)NCc1cc(Cl)c(C(=O)N[C@@H](CNC(=O)C2CCCC2)C(=O)O)c(Cl)c1.O=C(/C=C/c1ccco1)NCc1cc(Cl)c(C(=O)N[C@@H](CNC(=O)C2CCCCC2)C(=O)O)c(Cl)c1. The maximum atomic E-state index is 12.8. The number of halogens is 8. The number of allylic oxidation sites excluding steroid dienone is 1. The standard InChI is InChI=1S/C26H25Cl2N3O8.C25H27Cl2N3O6.C24H25Cl2N3O6.C23H23Cl2N3O6/c1-26(2)11-15(32)10-20(39-26)23(34)30-13-19(25(36)37)31-24(35)22-17(27)8-14(9-18(22)28)12-29-21(33)6-5-16-4-3-7-38-16;26-18-11-15(13-28-21(31)9-8-17-7-4-10-36-17)12-19(27)22(18)24(33)30-20(25(34)35)14-29-23(32)16-5-2-1-3-6-16;25-17-10-14(12-27-20(30)8-7-16-6-3-9-35-16)11-18(26)21(17)23(32)29-19(24(33)34)13-28-22(31)15-4-1-2-5-15;24-16-9-13(11-26-19(29)7-6-15-5-2-8-34-15)10-17(25)20(16)22(31)28-18(23(32)33)12-27-21(30)14-3-1-4-14/h3-10,19H,11-13H2,1-2H3,(H,29,33)(H,30,34)(H,31,35)(H,36,37);4,7-12,16,20H,1-3,5-6,13-14H2,(H,28,31)(H,29,32)(H,30,33)(H,34,35);3,6-11,15,19H,1-2,4-5,12-13H2,(H,27,30)(H,28,31)(H,29,32)(H,33,34);2,5-10,14,18H,1,3-4,11-12H2,(H,26,29)(H,27,30)(H,28,31)(H,32,33)/b6-5+;9-8+;8-7+;7-6+/t19-;20-;19-;18-/m0000/s1. The van der Waals surface area contributed by atoms with Crippen molar-refractivity contribution in [2.24, 2.45) is 17.8 Å². The molecular weight excluding hydrogens is 2040 g/mol. The number of rotatable bonds is 40. The second-order valence-corrected chi connectivity index (χ2v) is 36.6. The van der Waals surface area contributed by atoms with Crippen molar-refractivity contribution in [1.29, 1.82) is 0 Å². The highest BCUT2D eigenvalue weighted by atomic mass is 35.5. The van der Waals surface area contributed by atoms with E-state index in [0.717, 1.165) is 83.1 Å². The van der Waals surface area contributed by atoms with Gasteiger partial charge in [0, 0.05) is 107 Å². The number of carboxylic acid groups (broad SMARTS) is 4. The lowest BCUT2D eigenvalue weighted by Gasteiger charge is -2.30. The summed E-state index contributed by atoms with van der Waals surface area (Å²) < 4.78 is 25.9.